The Labute approximate surface area is 326 Å². The van der Waals surface area contributed by atoms with Gasteiger partial charge in [0.2, 0.25) is 0 Å². The molecule has 0 aliphatic heterocycles. The van der Waals surface area contributed by atoms with Gasteiger partial charge in [-0.1, -0.05) is 127 Å². The Balaban J connectivity index is 1.12. The molecule has 8 aromatic carbocycles. The molecule has 5 nitrogen and oxygen atoms in total. The van der Waals surface area contributed by atoms with E-state index in [0.717, 1.165) is 116 Å². The molecule has 0 spiro atoms. The van der Waals surface area contributed by atoms with Gasteiger partial charge in [0.15, 0.2) is 5.82 Å². The number of hydrogen-bond acceptors (Lipinski definition) is 5. The van der Waals surface area contributed by atoms with Crippen molar-refractivity contribution in [2.75, 3.05) is 0 Å². The first-order chi connectivity index (χ1) is 28.2. The summed E-state index contributed by atoms with van der Waals surface area (Å²) in [6.45, 7) is 0. The van der Waals surface area contributed by atoms with E-state index in [2.05, 4.69) is 121 Å². The summed E-state index contributed by atoms with van der Waals surface area (Å²) in [6, 6.07) is 62.6. The van der Waals surface area contributed by atoms with Crippen LogP contribution in [-0.4, -0.2) is 9.97 Å². The van der Waals surface area contributed by atoms with Crippen LogP contribution in [0, 0.1) is 0 Å². The molecule has 0 bridgehead atoms. The molecule has 0 saturated heterocycles. The van der Waals surface area contributed by atoms with Crippen molar-refractivity contribution >= 4 is 65.8 Å². The summed E-state index contributed by atoms with van der Waals surface area (Å²) >= 11 is 0. The molecule has 0 unspecified atom stereocenters. The van der Waals surface area contributed by atoms with E-state index in [0.29, 0.717) is 5.82 Å². The fourth-order valence-corrected chi connectivity index (χ4v) is 8.38. The van der Waals surface area contributed by atoms with Crippen LogP contribution >= 0.6 is 0 Å². The second-order valence-corrected chi connectivity index (χ2v) is 14.5. The van der Waals surface area contributed by atoms with Crippen molar-refractivity contribution < 1.29 is 13.3 Å². The van der Waals surface area contributed by atoms with Gasteiger partial charge in [0.05, 0.1) is 11.4 Å². The number of nitrogens with zero attached hydrogens (tertiary/aromatic N) is 2. The van der Waals surface area contributed by atoms with Gasteiger partial charge >= 0.3 is 0 Å². The first-order valence-corrected chi connectivity index (χ1v) is 19.0. The number of aromatic nitrogens is 2. The topological polar surface area (TPSA) is 65.2 Å². The molecule has 266 valence electrons. The number of para-hydroxylation sites is 5. The van der Waals surface area contributed by atoms with Gasteiger partial charge in [-0.25, -0.2) is 9.97 Å². The van der Waals surface area contributed by atoms with Crippen LogP contribution < -0.4 is 0 Å². The van der Waals surface area contributed by atoms with Gasteiger partial charge in [-0.3, -0.25) is 0 Å². The van der Waals surface area contributed by atoms with Gasteiger partial charge in [0.1, 0.15) is 33.5 Å². The number of benzene rings is 8. The van der Waals surface area contributed by atoms with Gasteiger partial charge in [-0.2, -0.15) is 0 Å². The lowest BCUT2D eigenvalue weighted by Crippen LogP contribution is -1.96. The fraction of sp³-hybridized carbons (Fsp3) is 0. The van der Waals surface area contributed by atoms with Crippen LogP contribution in [0.5, 0.6) is 0 Å². The Morgan fingerprint density at radius 3 is 1.37 bits per heavy atom. The van der Waals surface area contributed by atoms with Crippen LogP contribution in [0.25, 0.3) is 122 Å². The Hall–Kier alpha value is -7.76. The highest BCUT2D eigenvalue weighted by Gasteiger charge is 2.19. The third kappa shape index (κ3) is 5.10. The zero-order valence-electron chi connectivity index (χ0n) is 30.4. The molecule has 0 fully saturated rings. The maximum Gasteiger partial charge on any atom is 0.160 e. The molecule has 0 saturated carbocycles. The molecule has 0 radical (unpaired) electrons. The SMILES string of the molecule is c1ccc(-c2nc(-c3cc(-c4cccc5c4oc4ccccc45)cc(-c4cccc5c4oc4ccccc45)c3)cc(-c3ccc4c(c3)oc3ccccc34)n2)cc1. The molecule has 5 heteroatoms. The molecule has 0 aliphatic rings. The molecule has 0 N–H and O–H groups in total. The van der Waals surface area contributed by atoms with E-state index in [4.69, 9.17) is 23.2 Å². The van der Waals surface area contributed by atoms with E-state index >= 15 is 0 Å². The van der Waals surface area contributed by atoms with E-state index in [1.807, 2.05) is 60.7 Å². The van der Waals surface area contributed by atoms with Crippen molar-refractivity contribution in [3.63, 3.8) is 0 Å². The summed E-state index contributed by atoms with van der Waals surface area (Å²) in [5, 5.41) is 6.50. The maximum absolute atomic E-state index is 6.60. The van der Waals surface area contributed by atoms with E-state index in [1.165, 1.54) is 0 Å². The fourth-order valence-electron chi connectivity index (χ4n) is 8.38. The Bertz CT molecular complexity index is 3400. The minimum Gasteiger partial charge on any atom is -0.456 e. The lowest BCUT2D eigenvalue weighted by Gasteiger charge is -2.14. The number of fused-ring (bicyclic) bond motifs is 9. The summed E-state index contributed by atoms with van der Waals surface area (Å²) in [7, 11) is 0. The predicted molar refractivity (Wildman–Crippen MR) is 231 cm³/mol. The molecular formula is C52H30N2O3. The molecule has 12 rings (SSSR count). The monoisotopic (exact) mass is 730 g/mol. The van der Waals surface area contributed by atoms with Crippen molar-refractivity contribution in [2.45, 2.75) is 0 Å². The van der Waals surface area contributed by atoms with Crippen LogP contribution in [0.4, 0.5) is 0 Å². The highest BCUT2D eigenvalue weighted by atomic mass is 16.3. The van der Waals surface area contributed by atoms with Crippen LogP contribution in [0.3, 0.4) is 0 Å². The Kier molecular flexibility index (Phi) is 6.86. The Morgan fingerprint density at radius 2 is 0.754 bits per heavy atom. The van der Waals surface area contributed by atoms with Crippen LogP contribution in [0.15, 0.2) is 195 Å². The summed E-state index contributed by atoms with van der Waals surface area (Å²) in [6.07, 6.45) is 0. The Morgan fingerprint density at radius 1 is 0.281 bits per heavy atom. The van der Waals surface area contributed by atoms with Crippen LogP contribution in [0.2, 0.25) is 0 Å². The first kappa shape index (κ1) is 31.6. The van der Waals surface area contributed by atoms with Crippen LogP contribution in [0.1, 0.15) is 0 Å². The zero-order chi connectivity index (χ0) is 37.5. The third-order valence-electron chi connectivity index (χ3n) is 11.1. The molecule has 4 heterocycles. The quantitative estimate of drug-likeness (QED) is 0.176. The van der Waals surface area contributed by atoms with Crippen molar-refractivity contribution in [2.24, 2.45) is 0 Å². The number of furan rings is 3. The molecule has 0 aliphatic carbocycles. The van der Waals surface area contributed by atoms with E-state index in [1.54, 1.807) is 0 Å². The predicted octanol–water partition coefficient (Wildman–Crippen LogP) is 14.5. The van der Waals surface area contributed by atoms with Gasteiger partial charge in [-0.05, 0) is 65.7 Å². The smallest absolute Gasteiger partial charge is 0.160 e. The van der Waals surface area contributed by atoms with Crippen molar-refractivity contribution in [3.8, 4) is 56.2 Å². The largest absolute Gasteiger partial charge is 0.456 e. The molecule has 0 atom stereocenters. The lowest BCUT2D eigenvalue weighted by atomic mass is 9.93. The summed E-state index contributed by atoms with van der Waals surface area (Å²) in [4.78, 5) is 10.4. The van der Waals surface area contributed by atoms with E-state index in [-0.39, 0.29) is 0 Å². The highest BCUT2D eigenvalue weighted by Crippen LogP contribution is 2.42. The van der Waals surface area contributed by atoms with Gasteiger partial charge in [-0.15, -0.1) is 0 Å². The maximum atomic E-state index is 6.60. The highest BCUT2D eigenvalue weighted by molar-refractivity contribution is 6.12. The van der Waals surface area contributed by atoms with Gasteiger partial charge in [0.25, 0.3) is 0 Å². The molecule has 57 heavy (non-hydrogen) atoms. The molecular weight excluding hydrogens is 701 g/mol. The second kappa shape index (κ2) is 12.4. The van der Waals surface area contributed by atoms with E-state index in [9.17, 15) is 0 Å². The van der Waals surface area contributed by atoms with Gasteiger partial charge < -0.3 is 13.3 Å². The zero-order valence-corrected chi connectivity index (χ0v) is 30.4. The normalized spacial score (nSPS) is 11.9. The minimum atomic E-state index is 0.638. The molecule has 0 amide bonds. The van der Waals surface area contributed by atoms with Crippen LogP contribution in [-0.2, 0) is 0 Å². The molecule has 4 aromatic heterocycles. The van der Waals surface area contributed by atoms with Gasteiger partial charge in [0, 0.05) is 60.1 Å². The molecule has 12 aromatic rings. The second-order valence-electron chi connectivity index (χ2n) is 14.5. The summed E-state index contributed by atoms with van der Waals surface area (Å²) in [5.41, 5.74) is 13.5. The van der Waals surface area contributed by atoms with Crippen molar-refractivity contribution in [1.82, 2.24) is 9.97 Å². The third-order valence-corrected chi connectivity index (χ3v) is 11.1. The van der Waals surface area contributed by atoms with E-state index < -0.39 is 0 Å². The first-order valence-electron chi connectivity index (χ1n) is 19.0. The summed E-state index contributed by atoms with van der Waals surface area (Å²) in [5.74, 6) is 0.638. The lowest BCUT2D eigenvalue weighted by molar-refractivity contribution is 0.669. The average molecular weight is 731 g/mol. The van der Waals surface area contributed by atoms with Crippen molar-refractivity contribution in [1.29, 1.82) is 0 Å². The summed E-state index contributed by atoms with van der Waals surface area (Å²) < 4.78 is 19.5. The standard InChI is InChI=1S/C52H30N2O3/c1-2-12-31(13-3-1)52-53-44(32-24-25-41-38-14-4-7-21-46(38)55-49(41)29-32)30-45(54-52)35-27-33(36-17-10-19-42-39-15-5-8-22-47(39)56-50(36)42)26-34(28-35)37-18-11-20-43-40-16-6-9-23-48(40)57-51(37)43/h1-30H. The number of hydrogen-bond donors (Lipinski definition) is 0. The average Bonchev–Trinajstić information content (AvgIpc) is 3.97. The van der Waals surface area contributed by atoms with Crippen molar-refractivity contribution in [3.05, 3.63) is 182 Å². The number of rotatable bonds is 5. The minimum absolute atomic E-state index is 0.638.